The maximum atomic E-state index is 12.6. The number of aromatic amines is 1. The lowest BCUT2D eigenvalue weighted by atomic mass is 10.1. The zero-order valence-corrected chi connectivity index (χ0v) is 16.1. The van der Waals surface area contributed by atoms with Crippen molar-refractivity contribution in [3.8, 4) is 0 Å². The van der Waals surface area contributed by atoms with Crippen LogP contribution in [0.4, 0.5) is 10.5 Å². The first kappa shape index (κ1) is 20.7. The van der Waals surface area contributed by atoms with Gasteiger partial charge in [0.15, 0.2) is 0 Å². The number of primary amides is 1. The van der Waals surface area contributed by atoms with Gasteiger partial charge >= 0.3 is 6.03 Å². The van der Waals surface area contributed by atoms with Gasteiger partial charge < -0.3 is 25.8 Å². The van der Waals surface area contributed by atoms with Crippen LogP contribution in [-0.2, 0) is 4.79 Å². The quantitative estimate of drug-likeness (QED) is 0.626. The van der Waals surface area contributed by atoms with E-state index < -0.39 is 6.03 Å². The Morgan fingerprint density at radius 1 is 1.21 bits per heavy atom. The van der Waals surface area contributed by atoms with Crippen LogP contribution in [0.2, 0.25) is 0 Å². The molecule has 0 saturated heterocycles. The predicted molar refractivity (Wildman–Crippen MR) is 106 cm³/mol. The number of nitrogens with two attached hydrogens (primary N) is 1. The smallest absolute Gasteiger partial charge is 0.316 e. The average molecular weight is 384 g/mol. The molecule has 0 spiro atoms. The molecule has 0 atom stereocenters. The number of amides is 4. The van der Waals surface area contributed by atoms with E-state index in [1.165, 1.54) is 4.90 Å². The van der Waals surface area contributed by atoms with Crippen molar-refractivity contribution < 1.29 is 14.4 Å². The van der Waals surface area contributed by atoms with Crippen molar-refractivity contribution in [2.45, 2.75) is 6.92 Å². The van der Waals surface area contributed by atoms with Crippen LogP contribution in [0.15, 0.2) is 42.4 Å². The molecule has 0 unspecified atom stereocenters. The van der Waals surface area contributed by atoms with Crippen molar-refractivity contribution in [3.63, 3.8) is 0 Å². The van der Waals surface area contributed by atoms with Crippen molar-refractivity contribution >= 4 is 29.6 Å². The highest BCUT2D eigenvalue weighted by Gasteiger charge is 2.16. The van der Waals surface area contributed by atoms with Gasteiger partial charge in [-0.3, -0.25) is 9.59 Å². The summed E-state index contributed by atoms with van der Waals surface area (Å²) < 4.78 is 0. The molecule has 0 aliphatic heterocycles. The summed E-state index contributed by atoms with van der Waals surface area (Å²) in [7, 11) is 3.34. The van der Waals surface area contributed by atoms with Crippen LogP contribution in [0.25, 0.3) is 6.08 Å². The minimum Gasteiger partial charge on any atom is -0.351 e. The first-order valence-electron chi connectivity index (χ1n) is 8.62. The van der Waals surface area contributed by atoms with E-state index in [0.29, 0.717) is 29.9 Å². The fraction of sp³-hybridized carbons (Fsp3) is 0.263. The number of carbonyl (C=O) groups is 3. The summed E-state index contributed by atoms with van der Waals surface area (Å²) in [6.07, 6.45) is 4.89. The molecular formula is C19H24N6O3. The van der Waals surface area contributed by atoms with E-state index in [2.05, 4.69) is 15.3 Å². The molecule has 0 bridgehead atoms. The highest BCUT2D eigenvalue weighted by Crippen LogP contribution is 2.12. The number of likely N-dealkylation sites (N-methyl/N-ethyl adjacent to an activating group) is 2. The number of carbonyl (C=O) groups excluding carboxylic acids is 3. The fourth-order valence-corrected chi connectivity index (χ4v) is 2.54. The second kappa shape index (κ2) is 9.36. The number of rotatable bonds is 7. The fourth-order valence-electron chi connectivity index (χ4n) is 2.54. The minimum atomic E-state index is -0.698. The molecule has 1 heterocycles. The van der Waals surface area contributed by atoms with E-state index in [0.717, 1.165) is 5.69 Å². The first-order chi connectivity index (χ1) is 13.3. The largest absolute Gasteiger partial charge is 0.351 e. The Kier molecular flexibility index (Phi) is 6.91. The van der Waals surface area contributed by atoms with Crippen LogP contribution in [0.5, 0.6) is 0 Å². The van der Waals surface area contributed by atoms with E-state index in [1.807, 2.05) is 0 Å². The van der Waals surface area contributed by atoms with Gasteiger partial charge in [0.05, 0.1) is 18.2 Å². The third kappa shape index (κ3) is 5.70. The van der Waals surface area contributed by atoms with Crippen molar-refractivity contribution in [3.05, 3.63) is 53.6 Å². The highest BCUT2D eigenvalue weighted by atomic mass is 16.2. The number of urea groups is 1. The number of nitrogens with one attached hydrogen (secondary N) is 2. The van der Waals surface area contributed by atoms with Gasteiger partial charge in [0.2, 0.25) is 5.91 Å². The van der Waals surface area contributed by atoms with E-state index in [1.54, 1.807) is 68.8 Å². The van der Waals surface area contributed by atoms with Crippen LogP contribution in [0.1, 0.15) is 23.0 Å². The second-order valence-corrected chi connectivity index (χ2v) is 6.36. The first-order valence-corrected chi connectivity index (χ1v) is 8.62. The van der Waals surface area contributed by atoms with E-state index in [4.69, 9.17) is 5.73 Å². The number of imidazole rings is 1. The Morgan fingerprint density at radius 3 is 2.57 bits per heavy atom. The summed E-state index contributed by atoms with van der Waals surface area (Å²) in [5.74, 6) is -0.359. The molecule has 0 fully saturated rings. The second-order valence-electron chi connectivity index (χ2n) is 6.36. The summed E-state index contributed by atoms with van der Waals surface area (Å²) in [5, 5.41) is 2.44. The minimum absolute atomic E-state index is 0.136. The summed E-state index contributed by atoms with van der Waals surface area (Å²) in [6.45, 7) is 2.45. The third-order valence-corrected chi connectivity index (χ3v) is 4.07. The van der Waals surface area contributed by atoms with Crippen LogP contribution >= 0.6 is 0 Å². The lowest BCUT2D eigenvalue weighted by Gasteiger charge is -2.23. The van der Waals surface area contributed by atoms with Gasteiger partial charge in [-0.25, -0.2) is 9.78 Å². The molecule has 0 aliphatic carbocycles. The molecule has 148 valence electrons. The average Bonchev–Trinajstić information content (AvgIpc) is 3.17. The van der Waals surface area contributed by atoms with Crippen molar-refractivity contribution in [1.29, 1.82) is 0 Å². The normalized spacial score (nSPS) is 11.0. The van der Waals surface area contributed by atoms with Gasteiger partial charge in [0, 0.05) is 44.0 Å². The van der Waals surface area contributed by atoms with Crippen LogP contribution in [0.3, 0.4) is 0 Å². The predicted octanol–water partition coefficient (Wildman–Crippen LogP) is 1.53. The molecule has 2 aromatic rings. The zero-order chi connectivity index (χ0) is 20.7. The van der Waals surface area contributed by atoms with E-state index in [-0.39, 0.29) is 11.8 Å². The Hall–Kier alpha value is -3.62. The van der Waals surface area contributed by atoms with Crippen molar-refractivity contribution in [1.82, 2.24) is 19.8 Å². The maximum Gasteiger partial charge on any atom is 0.316 e. The molecule has 0 radical (unpaired) electrons. The molecule has 0 aliphatic rings. The number of hydrogen-bond donors (Lipinski definition) is 3. The lowest BCUT2D eigenvalue weighted by molar-refractivity contribution is -0.125. The van der Waals surface area contributed by atoms with Gasteiger partial charge in [0.1, 0.15) is 0 Å². The van der Waals surface area contributed by atoms with E-state index in [9.17, 15) is 14.4 Å². The van der Waals surface area contributed by atoms with E-state index >= 15 is 0 Å². The summed E-state index contributed by atoms with van der Waals surface area (Å²) in [5.41, 5.74) is 7.26. The molecule has 0 saturated carbocycles. The Morgan fingerprint density at radius 2 is 1.93 bits per heavy atom. The topological polar surface area (TPSA) is 124 Å². The Bertz CT molecular complexity index is 876. The standard InChI is InChI=1S/C19H24N6O3/c1-13(9-16-11-21-12-22-16)17(26)24(2)7-8-25(3)18(27)14-5-4-6-15(10-14)23-19(20)28/h4-6,9-12H,7-8H2,1-3H3,(H,21,22)(H3,20,23,28)/b13-9+. The zero-order valence-electron chi connectivity index (χ0n) is 16.1. The Labute approximate surface area is 163 Å². The number of benzene rings is 1. The van der Waals surface area contributed by atoms with Gasteiger partial charge in [-0.15, -0.1) is 0 Å². The highest BCUT2D eigenvalue weighted by molar-refractivity contribution is 5.97. The monoisotopic (exact) mass is 384 g/mol. The number of H-pyrrole nitrogens is 1. The number of hydrogen-bond acceptors (Lipinski definition) is 4. The Balaban J connectivity index is 1.93. The molecule has 4 N–H and O–H groups in total. The molecule has 1 aromatic carbocycles. The third-order valence-electron chi connectivity index (χ3n) is 4.07. The van der Waals surface area contributed by atoms with Gasteiger partial charge in [-0.05, 0) is 31.2 Å². The van der Waals surface area contributed by atoms with Gasteiger partial charge in [0.25, 0.3) is 5.91 Å². The summed E-state index contributed by atoms with van der Waals surface area (Å²) in [4.78, 5) is 45.8. The molecule has 1 aromatic heterocycles. The van der Waals surface area contributed by atoms with Gasteiger partial charge in [-0.1, -0.05) is 6.07 Å². The van der Waals surface area contributed by atoms with Gasteiger partial charge in [-0.2, -0.15) is 0 Å². The van der Waals surface area contributed by atoms with Crippen LogP contribution < -0.4 is 11.1 Å². The SMILES string of the molecule is C/C(=C\c1cnc[nH]1)C(=O)N(C)CCN(C)C(=O)c1cccc(NC(N)=O)c1. The van der Waals surface area contributed by atoms with Crippen molar-refractivity contribution in [2.75, 3.05) is 32.5 Å². The molecule has 9 heteroatoms. The van der Waals surface area contributed by atoms with Crippen LogP contribution in [-0.4, -0.2) is 64.8 Å². The summed E-state index contributed by atoms with van der Waals surface area (Å²) in [6, 6.07) is 5.80. The lowest BCUT2D eigenvalue weighted by Crippen LogP contribution is -2.37. The molecular weight excluding hydrogens is 360 g/mol. The molecule has 4 amide bonds. The molecule has 28 heavy (non-hydrogen) atoms. The number of nitrogens with zero attached hydrogens (tertiary/aromatic N) is 3. The van der Waals surface area contributed by atoms with Crippen LogP contribution in [0, 0.1) is 0 Å². The summed E-state index contributed by atoms with van der Waals surface area (Å²) >= 11 is 0. The molecule has 9 nitrogen and oxygen atoms in total. The molecule has 2 rings (SSSR count). The van der Waals surface area contributed by atoms with Crippen molar-refractivity contribution in [2.24, 2.45) is 5.73 Å². The number of aromatic nitrogens is 2. The number of anilines is 1. The maximum absolute atomic E-state index is 12.6.